The van der Waals surface area contributed by atoms with Gasteiger partial charge >= 0.3 is 0 Å². The minimum Gasteiger partial charge on any atom is -0.382 e. The van der Waals surface area contributed by atoms with Gasteiger partial charge < -0.3 is 14.4 Å². The molecule has 25 heavy (non-hydrogen) atoms. The van der Waals surface area contributed by atoms with Crippen molar-refractivity contribution in [2.75, 3.05) is 26.9 Å². The molecule has 6 heteroatoms. The summed E-state index contributed by atoms with van der Waals surface area (Å²) >= 11 is 0. The quantitative estimate of drug-likeness (QED) is 0.721. The van der Waals surface area contributed by atoms with Crippen LogP contribution in [0.15, 0.2) is 48.9 Å². The van der Waals surface area contributed by atoms with Gasteiger partial charge in [-0.2, -0.15) is 0 Å². The van der Waals surface area contributed by atoms with E-state index in [4.69, 9.17) is 9.47 Å². The first-order chi connectivity index (χ1) is 12.3. The average molecular weight is 341 g/mol. The first kappa shape index (κ1) is 17.5. The zero-order valence-electron chi connectivity index (χ0n) is 14.4. The normalized spacial score (nSPS) is 20.0. The average Bonchev–Trinajstić information content (AvgIpc) is 3.05. The zero-order valence-corrected chi connectivity index (χ0v) is 14.4. The standard InChI is InChI=1S/C19H23N3O3/c1-24-11-12-25-18-7-10-22(19(23)16-14-20-8-9-21-16)17(18)13-15-5-3-2-4-6-15/h2-6,8-9,14,17-18H,7,10-13H2,1H3/t17-,18-/m0/s1. The largest absolute Gasteiger partial charge is 0.382 e. The van der Waals surface area contributed by atoms with Crippen molar-refractivity contribution in [2.24, 2.45) is 0 Å². The van der Waals surface area contributed by atoms with Crippen LogP contribution in [0.4, 0.5) is 0 Å². The fraction of sp³-hybridized carbons (Fsp3) is 0.421. The molecule has 1 aliphatic heterocycles. The maximum atomic E-state index is 12.9. The van der Waals surface area contributed by atoms with E-state index >= 15 is 0 Å². The summed E-state index contributed by atoms with van der Waals surface area (Å²) in [6, 6.07) is 10.2. The molecule has 1 aromatic carbocycles. The Labute approximate surface area is 147 Å². The molecular formula is C19H23N3O3. The second-order valence-electron chi connectivity index (χ2n) is 6.04. The molecule has 2 atom stereocenters. The van der Waals surface area contributed by atoms with Crippen LogP contribution in [-0.2, 0) is 15.9 Å². The summed E-state index contributed by atoms with van der Waals surface area (Å²) in [5, 5.41) is 0. The van der Waals surface area contributed by atoms with Crippen molar-refractivity contribution >= 4 is 5.91 Å². The number of rotatable bonds is 7. The molecule has 2 aromatic rings. The summed E-state index contributed by atoms with van der Waals surface area (Å²) in [5.74, 6) is -0.0909. The Hall–Kier alpha value is -2.31. The molecule has 0 spiro atoms. The molecule has 1 amide bonds. The number of nitrogens with zero attached hydrogens (tertiary/aromatic N) is 3. The van der Waals surface area contributed by atoms with E-state index in [1.54, 1.807) is 19.5 Å². The van der Waals surface area contributed by atoms with E-state index in [1.165, 1.54) is 11.8 Å². The summed E-state index contributed by atoms with van der Waals surface area (Å²) in [7, 11) is 1.66. The van der Waals surface area contributed by atoms with Gasteiger partial charge in [-0.05, 0) is 18.4 Å². The molecule has 2 heterocycles. The third-order valence-electron chi connectivity index (χ3n) is 4.43. The van der Waals surface area contributed by atoms with Crippen LogP contribution in [0.1, 0.15) is 22.5 Å². The lowest BCUT2D eigenvalue weighted by Gasteiger charge is -2.28. The summed E-state index contributed by atoms with van der Waals surface area (Å²) in [5.41, 5.74) is 1.56. The summed E-state index contributed by atoms with van der Waals surface area (Å²) in [6.45, 7) is 1.73. The van der Waals surface area contributed by atoms with Crippen LogP contribution in [0.3, 0.4) is 0 Å². The molecule has 1 saturated heterocycles. The number of ether oxygens (including phenoxy) is 2. The number of likely N-dealkylation sites (tertiary alicyclic amines) is 1. The Morgan fingerprint density at radius 3 is 2.80 bits per heavy atom. The highest BCUT2D eigenvalue weighted by molar-refractivity contribution is 5.92. The first-order valence-corrected chi connectivity index (χ1v) is 8.51. The molecule has 1 aliphatic rings. The van der Waals surface area contributed by atoms with Crippen molar-refractivity contribution in [3.63, 3.8) is 0 Å². The van der Waals surface area contributed by atoms with E-state index in [1.807, 2.05) is 23.1 Å². The third-order valence-corrected chi connectivity index (χ3v) is 4.43. The molecule has 1 aromatic heterocycles. The van der Waals surface area contributed by atoms with Crippen LogP contribution in [-0.4, -0.2) is 59.8 Å². The first-order valence-electron chi connectivity index (χ1n) is 8.51. The van der Waals surface area contributed by atoms with Crippen molar-refractivity contribution in [1.29, 1.82) is 0 Å². The Morgan fingerprint density at radius 1 is 1.24 bits per heavy atom. The van der Waals surface area contributed by atoms with Crippen LogP contribution in [0, 0.1) is 0 Å². The number of carbonyl (C=O) groups excluding carboxylic acids is 1. The van der Waals surface area contributed by atoms with Gasteiger partial charge in [0, 0.05) is 26.0 Å². The molecular weight excluding hydrogens is 318 g/mol. The summed E-state index contributed by atoms with van der Waals surface area (Å²) < 4.78 is 11.1. The lowest BCUT2D eigenvalue weighted by atomic mass is 10.0. The van der Waals surface area contributed by atoms with E-state index in [2.05, 4.69) is 22.1 Å². The SMILES string of the molecule is COCCO[C@H]1CCN(C(=O)c2cnccn2)[C@H]1Cc1ccccc1. The number of hydrogen-bond donors (Lipinski definition) is 0. The minimum absolute atomic E-state index is 0.00372. The van der Waals surface area contributed by atoms with Crippen LogP contribution in [0.25, 0.3) is 0 Å². The number of methoxy groups -OCH3 is 1. The lowest BCUT2D eigenvalue weighted by Crippen LogP contribution is -2.42. The Morgan fingerprint density at radius 2 is 2.08 bits per heavy atom. The third kappa shape index (κ3) is 4.41. The molecule has 6 nitrogen and oxygen atoms in total. The molecule has 0 aliphatic carbocycles. The van der Waals surface area contributed by atoms with Gasteiger partial charge in [-0.25, -0.2) is 4.98 Å². The van der Waals surface area contributed by atoms with Crippen LogP contribution >= 0.6 is 0 Å². The Balaban J connectivity index is 1.77. The molecule has 1 fully saturated rings. The number of amides is 1. The van der Waals surface area contributed by atoms with Gasteiger partial charge in [0.1, 0.15) is 5.69 Å². The predicted octanol–water partition coefficient (Wildman–Crippen LogP) is 1.97. The van der Waals surface area contributed by atoms with Crippen LogP contribution in [0.2, 0.25) is 0 Å². The smallest absolute Gasteiger partial charge is 0.274 e. The molecule has 3 rings (SSSR count). The van der Waals surface area contributed by atoms with Gasteiger partial charge in [0.05, 0.1) is 31.6 Å². The molecule has 132 valence electrons. The van der Waals surface area contributed by atoms with Gasteiger partial charge in [-0.3, -0.25) is 9.78 Å². The highest BCUT2D eigenvalue weighted by Crippen LogP contribution is 2.26. The van der Waals surface area contributed by atoms with Crippen molar-refractivity contribution in [1.82, 2.24) is 14.9 Å². The minimum atomic E-state index is -0.0909. The van der Waals surface area contributed by atoms with E-state index in [-0.39, 0.29) is 18.1 Å². The van der Waals surface area contributed by atoms with Crippen molar-refractivity contribution < 1.29 is 14.3 Å². The maximum Gasteiger partial charge on any atom is 0.274 e. The molecule has 0 saturated carbocycles. The monoisotopic (exact) mass is 341 g/mol. The van der Waals surface area contributed by atoms with Gasteiger partial charge in [0.2, 0.25) is 0 Å². The Bertz CT molecular complexity index is 666. The second kappa shape index (κ2) is 8.69. The molecule has 0 N–H and O–H groups in total. The number of hydrogen-bond acceptors (Lipinski definition) is 5. The summed E-state index contributed by atoms with van der Waals surface area (Å²) in [4.78, 5) is 22.9. The fourth-order valence-electron chi connectivity index (χ4n) is 3.21. The zero-order chi connectivity index (χ0) is 17.5. The van der Waals surface area contributed by atoms with E-state index in [0.29, 0.717) is 25.5 Å². The van der Waals surface area contributed by atoms with Crippen molar-refractivity contribution in [3.05, 3.63) is 60.2 Å². The lowest BCUT2D eigenvalue weighted by molar-refractivity contribution is 0.000413. The van der Waals surface area contributed by atoms with Crippen molar-refractivity contribution in [3.8, 4) is 0 Å². The number of carbonyl (C=O) groups is 1. The summed E-state index contributed by atoms with van der Waals surface area (Å²) in [6.07, 6.45) is 6.19. The molecule has 0 bridgehead atoms. The van der Waals surface area contributed by atoms with Gasteiger partial charge in [0.15, 0.2) is 0 Å². The number of benzene rings is 1. The topological polar surface area (TPSA) is 64.6 Å². The van der Waals surface area contributed by atoms with E-state index in [9.17, 15) is 4.79 Å². The predicted molar refractivity (Wildman–Crippen MR) is 93.2 cm³/mol. The maximum absolute atomic E-state index is 12.9. The highest BCUT2D eigenvalue weighted by atomic mass is 16.5. The van der Waals surface area contributed by atoms with Crippen LogP contribution < -0.4 is 0 Å². The second-order valence-corrected chi connectivity index (χ2v) is 6.04. The van der Waals surface area contributed by atoms with Gasteiger partial charge in [-0.15, -0.1) is 0 Å². The van der Waals surface area contributed by atoms with E-state index < -0.39 is 0 Å². The molecule has 0 radical (unpaired) electrons. The van der Waals surface area contributed by atoms with Crippen LogP contribution in [0.5, 0.6) is 0 Å². The fourth-order valence-corrected chi connectivity index (χ4v) is 3.21. The van der Waals surface area contributed by atoms with Gasteiger partial charge in [-0.1, -0.05) is 30.3 Å². The number of aromatic nitrogens is 2. The van der Waals surface area contributed by atoms with Crippen molar-refractivity contribution in [2.45, 2.75) is 25.0 Å². The molecule has 0 unspecified atom stereocenters. The Kier molecular flexibility index (Phi) is 6.09. The highest BCUT2D eigenvalue weighted by Gasteiger charge is 2.38. The van der Waals surface area contributed by atoms with Gasteiger partial charge in [0.25, 0.3) is 5.91 Å². The van der Waals surface area contributed by atoms with E-state index in [0.717, 1.165) is 12.8 Å².